The molecule has 0 aliphatic heterocycles. The molecule has 0 saturated carbocycles. The molecule has 0 atom stereocenters. The number of nitrogens with one attached hydrogen (secondary N) is 1. The zero-order valence-electron chi connectivity index (χ0n) is 5.73. The van der Waals surface area contributed by atoms with Gasteiger partial charge in [-0.05, 0) is 28.1 Å². The number of halogens is 2. The summed E-state index contributed by atoms with van der Waals surface area (Å²) in [6.45, 7) is 0. The summed E-state index contributed by atoms with van der Waals surface area (Å²) >= 11 is 9.00. The van der Waals surface area contributed by atoms with Crippen molar-refractivity contribution in [3.8, 4) is 0 Å². The van der Waals surface area contributed by atoms with E-state index >= 15 is 0 Å². The van der Waals surface area contributed by atoms with Crippen molar-refractivity contribution in [2.45, 2.75) is 0 Å². The number of aromatic amines is 1. The molecule has 13 heavy (non-hydrogen) atoms. The molecule has 0 saturated heterocycles. The Hall–Kier alpha value is -0.208. The lowest BCUT2D eigenvalue weighted by Crippen LogP contribution is -1.92. The van der Waals surface area contributed by atoms with Crippen LogP contribution in [0, 0.1) is 0 Å². The average molecular weight is 278 g/mol. The van der Waals surface area contributed by atoms with Crippen LogP contribution in [0.2, 0.25) is 5.02 Å². The fourth-order valence-corrected chi connectivity index (χ4v) is 1.43. The van der Waals surface area contributed by atoms with E-state index in [1.807, 2.05) is 0 Å². The molecule has 68 valence electrons. The van der Waals surface area contributed by atoms with E-state index < -0.39 is 5.76 Å². The molecule has 1 aromatic heterocycles. The molecule has 6 heteroatoms. The van der Waals surface area contributed by atoms with Gasteiger partial charge in [0.25, 0.3) is 0 Å². The molecule has 2 aromatic rings. The molecule has 1 aromatic carbocycles. The summed E-state index contributed by atoms with van der Waals surface area (Å²) in [5.41, 5.74) is 1.10. The van der Waals surface area contributed by atoms with Crippen molar-refractivity contribution in [1.29, 1.82) is 0 Å². The average Bonchev–Trinajstić information content (AvgIpc) is 2.30. The van der Waals surface area contributed by atoms with Crippen LogP contribution in [0.1, 0.15) is 0 Å². The molecule has 1 heterocycles. The van der Waals surface area contributed by atoms with E-state index in [1.54, 1.807) is 12.1 Å². The van der Waals surface area contributed by atoms with Gasteiger partial charge < -0.3 is 4.42 Å². The summed E-state index contributed by atoms with van der Waals surface area (Å²) in [6.07, 6.45) is 0. The number of fused-ring (bicyclic) bond motifs is 1. The van der Waals surface area contributed by atoms with Crippen molar-refractivity contribution in [1.82, 2.24) is 4.98 Å². The normalized spacial score (nSPS) is 10.0. The number of hydrogen-bond donors (Lipinski definition) is 1. The number of benzene rings is 1. The van der Waals surface area contributed by atoms with Crippen molar-refractivity contribution in [2.24, 2.45) is 0 Å². The van der Waals surface area contributed by atoms with Crippen molar-refractivity contribution in [3.63, 3.8) is 0 Å². The Labute approximate surface area is 97.3 Å². The highest BCUT2D eigenvalue weighted by Gasteiger charge is 2.04. The van der Waals surface area contributed by atoms with Crippen LogP contribution in [0.15, 0.2) is 25.8 Å². The van der Waals surface area contributed by atoms with Gasteiger partial charge in [0.2, 0.25) is 0 Å². The molecule has 0 aliphatic carbocycles. The van der Waals surface area contributed by atoms with E-state index in [0.29, 0.717) is 20.6 Å². The fraction of sp³-hybridized carbons (Fsp3) is 0. The number of oxazole rings is 1. The number of aromatic nitrogens is 1. The third kappa shape index (κ3) is 2.00. The first-order valence-electron chi connectivity index (χ1n) is 3.15. The van der Waals surface area contributed by atoms with Gasteiger partial charge in [-0.25, -0.2) is 4.79 Å². The fourth-order valence-electron chi connectivity index (χ4n) is 0.946. The summed E-state index contributed by atoms with van der Waals surface area (Å²) < 4.78 is 5.51. The summed E-state index contributed by atoms with van der Waals surface area (Å²) in [7, 11) is 0. The Morgan fingerprint density at radius 2 is 2.15 bits per heavy atom. The minimum atomic E-state index is -0.473. The smallest absolute Gasteiger partial charge is 0.408 e. The Bertz CT molecular complexity index is 451. The van der Waals surface area contributed by atoms with Gasteiger partial charge in [-0.15, -0.1) is 0 Å². The molecule has 3 nitrogen and oxygen atoms in total. The number of H-pyrrole nitrogens is 1. The zero-order valence-corrected chi connectivity index (χ0v) is 8.07. The zero-order chi connectivity index (χ0) is 8.72. The molecule has 0 amide bonds. The maximum atomic E-state index is 10.7. The second-order valence-corrected chi connectivity index (χ2v) is 3.54. The topological polar surface area (TPSA) is 46.0 Å². The molecule has 2 rings (SSSR count). The maximum absolute atomic E-state index is 10.7. The van der Waals surface area contributed by atoms with Gasteiger partial charge in [0.1, 0.15) is 0 Å². The molecular formula is C7H6AlBrClNO2. The van der Waals surface area contributed by atoms with Gasteiger partial charge >= 0.3 is 5.76 Å². The molecule has 0 fully saturated rings. The van der Waals surface area contributed by atoms with Gasteiger partial charge in [0.05, 0.1) is 10.5 Å². The lowest BCUT2D eigenvalue weighted by atomic mass is 10.3. The third-order valence-electron chi connectivity index (χ3n) is 1.46. The molecule has 0 unspecified atom stereocenters. The van der Waals surface area contributed by atoms with E-state index in [4.69, 9.17) is 16.0 Å². The molecule has 0 radical (unpaired) electrons. The van der Waals surface area contributed by atoms with Crippen LogP contribution in [-0.2, 0) is 0 Å². The van der Waals surface area contributed by atoms with Crippen LogP contribution < -0.4 is 5.76 Å². The third-order valence-corrected chi connectivity index (χ3v) is 2.66. The SMILES string of the molecule is O=c1[nH]c2cc(Cl)c(Br)cc2o1.[AlH3]. The lowest BCUT2D eigenvalue weighted by Gasteiger charge is -1.92. The van der Waals surface area contributed by atoms with Crippen LogP contribution in [0.5, 0.6) is 0 Å². The van der Waals surface area contributed by atoms with Crippen molar-refractivity contribution >= 4 is 56.0 Å². The first-order chi connectivity index (χ1) is 5.66. The largest absolute Gasteiger partial charge is 0.417 e. The van der Waals surface area contributed by atoms with Crippen LogP contribution in [-0.4, -0.2) is 22.3 Å². The highest BCUT2D eigenvalue weighted by atomic mass is 79.9. The molecule has 0 spiro atoms. The second kappa shape index (κ2) is 3.89. The number of rotatable bonds is 0. The van der Waals surface area contributed by atoms with Crippen LogP contribution in [0.25, 0.3) is 11.1 Å². The summed E-state index contributed by atoms with van der Waals surface area (Å²) in [5.74, 6) is -0.473. The Morgan fingerprint density at radius 3 is 2.85 bits per heavy atom. The monoisotopic (exact) mass is 277 g/mol. The first-order valence-corrected chi connectivity index (χ1v) is 4.32. The molecule has 1 N–H and O–H groups in total. The van der Waals surface area contributed by atoms with E-state index in [-0.39, 0.29) is 17.4 Å². The van der Waals surface area contributed by atoms with E-state index in [1.165, 1.54) is 0 Å². The standard InChI is InChI=1S/C7H3BrClNO2.Al.3H/c8-3-1-6-5(2-4(3)9)10-7(11)12-6;;;;/h1-2H,(H,10,11);;;;. The van der Waals surface area contributed by atoms with Gasteiger partial charge in [0, 0.05) is 4.47 Å². The number of hydrogen-bond acceptors (Lipinski definition) is 2. The summed E-state index contributed by atoms with van der Waals surface area (Å²) in [6, 6.07) is 3.28. The van der Waals surface area contributed by atoms with Gasteiger partial charge in [-0.2, -0.15) is 0 Å². The molecular weight excluding hydrogens is 272 g/mol. The Kier molecular flexibility index (Phi) is 3.25. The molecule has 0 bridgehead atoms. The van der Waals surface area contributed by atoms with Crippen LogP contribution in [0.3, 0.4) is 0 Å². The van der Waals surface area contributed by atoms with E-state index in [0.717, 1.165) is 0 Å². The van der Waals surface area contributed by atoms with Gasteiger partial charge in [-0.1, -0.05) is 11.6 Å². The summed E-state index contributed by atoms with van der Waals surface area (Å²) in [4.78, 5) is 13.2. The quantitative estimate of drug-likeness (QED) is 0.740. The minimum Gasteiger partial charge on any atom is -0.408 e. The van der Waals surface area contributed by atoms with Gasteiger partial charge in [0.15, 0.2) is 22.9 Å². The van der Waals surface area contributed by atoms with Crippen molar-refractivity contribution < 1.29 is 4.42 Å². The lowest BCUT2D eigenvalue weighted by molar-refractivity contribution is 0.555. The summed E-state index contributed by atoms with van der Waals surface area (Å²) in [5, 5.41) is 0.541. The van der Waals surface area contributed by atoms with Crippen LogP contribution >= 0.6 is 27.5 Å². The second-order valence-electron chi connectivity index (χ2n) is 2.28. The van der Waals surface area contributed by atoms with Crippen LogP contribution in [0.4, 0.5) is 0 Å². The Balaban J connectivity index is 0.000000845. The predicted molar refractivity (Wildman–Crippen MR) is 59.5 cm³/mol. The van der Waals surface area contributed by atoms with E-state index in [9.17, 15) is 4.79 Å². The molecule has 0 aliphatic rings. The van der Waals surface area contributed by atoms with Crippen molar-refractivity contribution in [2.75, 3.05) is 0 Å². The highest BCUT2D eigenvalue weighted by Crippen LogP contribution is 2.26. The predicted octanol–water partition coefficient (Wildman–Crippen LogP) is 1.35. The van der Waals surface area contributed by atoms with E-state index in [2.05, 4.69) is 20.9 Å². The van der Waals surface area contributed by atoms with Gasteiger partial charge in [-0.3, -0.25) is 4.98 Å². The highest BCUT2D eigenvalue weighted by molar-refractivity contribution is 9.10. The maximum Gasteiger partial charge on any atom is 0.417 e. The van der Waals surface area contributed by atoms with Crippen molar-refractivity contribution in [3.05, 3.63) is 32.2 Å². The first kappa shape index (κ1) is 10.9. The minimum absolute atomic E-state index is 0. The Morgan fingerprint density at radius 1 is 1.46 bits per heavy atom.